The monoisotopic (exact) mass is 431 g/mol. The molecular weight excluding hydrogens is 394 g/mol. The molecule has 4 rings (SSSR count). The molecule has 1 amide bonds. The van der Waals surface area contributed by atoms with Gasteiger partial charge in [-0.15, -0.1) is 0 Å². The predicted octanol–water partition coefficient (Wildman–Crippen LogP) is 6.38. The minimum Gasteiger partial charge on any atom is -0.358 e. The first kappa shape index (κ1) is 22.6. The fourth-order valence-electron chi connectivity index (χ4n) is 4.76. The molecule has 0 radical (unpaired) electrons. The number of hydrogen-bond acceptors (Lipinski definition) is 2. The normalized spacial score (nSPS) is 15.9. The molecule has 0 bridgehead atoms. The summed E-state index contributed by atoms with van der Waals surface area (Å²) in [6.45, 7) is 12.3. The van der Waals surface area contributed by atoms with Gasteiger partial charge in [-0.3, -0.25) is 4.79 Å². The van der Waals surface area contributed by atoms with Crippen LogP contribution in [0.4, 0.5) is 5.69 Å². The van der Waals surface area contributed by atoms with Gasteiger partial charge in [-0.2, -0.15) is 0 Å². The molecule has 2 heterocycles. The van der Waals surface area contributed by atoms with Gasteiger partial charge >= 0.3 is 0 Å². The Morgan fingerprint density at radius 1 is 1.06 bits per heavy atom. The summed E-state index contributed by atoms with van der Waals surface area (Å²) in [4.78, 5) is 21.9. The Labute approximate surface area is 192 Å². The van der Waals surface area contributed by atoms with Crippen LogP contribution in [0.25, 0.3) is 10.9 Å². The van der Waals surface area contributed by atoms with Gasteiger partial charge in [-0.05, 0) is 68.6 Å². The fraction of sp³-hybridized carbons (Fsp3) is 0.464. The van der Waals surface area contributed by atoms with Crippen LogP contribution in [0.5, 0.6) is 0 Å². The lowest BCUT2D eigenvalue weighted by Crippen LogP contribution is -2.47. The Morgan fingerprint density at radius 2 is 1.78 bits per heavy atom. The van der Waals surface area contributed by atoms with Crippen molar-refractivity contribution in [3.8, 4) is 0 Å². The molecular formula is C28H37N3O. The van der Waals surface area contributed by atoms with Crippen molar-refractivity contribution < 1.29 is 4.79 Å². The largest absolute Gasteiger partial charge is 0.358 e. The lowest BCUT2D eigenvalue weighted by atomic mass is 9.86. The number of aromatic nitrogens is 1. The van der Waals surface area contributed by atoms with Crippen LogP contribution in [-0.2, 0) is 5.41 Å². The van der Waals surface area contributed by atoms with E-state index in [-0.39, 0.29) is 17.4 Å². The summed E-state index contributed by atoms with van der Waals surface area (Å²) in [5.41, 5.74) is 4.24. The third-order valence-corrected chi connectivity index (χ3v) is 7.20. The summed E-state index contributed by atoms with van der Waals surface area (Å²) in [5.74, 6) is 0.100. The standard InChI is InChI=1S/C28H37N3O/c1-5-16-30-17-14-23(15-18-30)31(27(32)21-10-8-7-9-11-21)24-12-13-25-22(19-24)20-26(29-25)28(3,4)6-2/h7-13,19-20,23,29H,5-6,14-18H2,1-4H3. The fourth-order valence-corrected chi connectivity index (χ4v) is 4.76. The average molecular weight is 432 g/mol. The van der Waals surface area contributed by atoms with E-state index in [0.717, 1.165) is 55.7 Å². The van der Waals surface area contributed by atoms with Crippen molar-refractivity contribution in [2.24, 2.45) is 0 Å². The molecule has 0 atom stereocenters. The summed E-state index contributed by atoms with van der Waals surface area (Å²) in [5, 5.41) is 1.17. The molecule has 0 aliphatic carbocycles. The van der Waals surface area contributed by atoms with Crippen LogP contribution in [0, 0.1) is 0 Å². The number of piperidine rings is 1. The van der Waals surface area contributed by atoms with Crippen molar-refractivity contribution in [1.29, 1.82) is 0 Å². The lowest BCUT2D eigenvalue weighted by Gasteiger charge is -2.38. The number of nitrogens with one attached hydrogen (secondary N) is 1. The molecule has 1 aliphatic heterocycles. The van der Waals surface area contributed by atoms with Gasteiger partial charge in [-0.25, -0.2) is 0 Å². The summed E-state index contributed by atoms with van der Waals surface area (Å²) >= 11 is 0. The van der Waals surface area contributed by atoms with Crippen LogP contribution in [-0.4, -0.2) is 41.5 Å². The minimum atomic E-state index is 0.100. The number of nitrogens with zero attached hydrogens (tertiary/aromatic N) is 2. The molecule has 0 unspecified atom stereocenters. The van der Waals surface area contributed by atoms with Crippen LogP contribution in [0.1, 0.15) is 69.4 Å². The first-order valence-electron chi connectivity index (χ1n) is 12.2. The van der Waals surface area contributed by atoms with Gasteiger partial charge in [-0.1, -0.05) is 45.9 Å². The third kappa shape index (κ3) is 4.61. The van der Waals surface area contributed by atoms with E-state index >= 15 is 0 Å². The van der Waals surface area contributed by atoms with E-state index in [1.165, 1.54) is 17.5 Å². The maximum absolute atomic E-state index is 13.7. The Morgan fingerprint density at radius 3 is 2.44 bits per heavy atom. The number of benzene rings is 2. The van der Waals surface area contributed by atoms with Crippen LogP contribution >= 0.6 is 0 Å². The zero-order valence-corrected chi connectivity index (χ0v) is 20.0. The van der Waals surface area contributed by atoms with Gasteiger partial charge in [0.25, 0.3) is 5.91 Å². The van der Waals surface area contributed by atoms with Crippen molar-refractivity contribution in [3.05, 3.63) is 65.9 Å². The van der Waals surface area contributed by atoms with Gasteiger partial charge in [0.15, 0.2) is 0 Å². The molecule has 1 fully saturated rings. The smallest absolute Gasteiger partial charge is 0.258 e. The zero-order valence-electron chi connectivity index (χ0n) is 20.0. The maximum Gasteiger partial charge on any atom is 0.258 e. The number of fused-ring (bicyclic) bond motifs is 1. The van der Waals surface area contributed by atoms with E-state index in [1.807, 2.05) is 30.3 Å². The second-order valence-electron chi connectivity index (χ2n) is 9.81. The van der Waals surface area contributed by atoms with Crippen LogP contribution in [0.15, 0.2) is 54.6 Å². The Kier molecular flexibility index (Phi) is 6.71. The Balaban J connectivity index is 1.69. The number of carbonyl (C=O) groups excluding carboxylic acids is 1. The number of amides is 1. The number of anilines is 1. The number of rotatable bonds is 7. The van der Waals surface area contributed by atoms with Crippen molar-refractivity contribution in [2.45, 2.75) is 64.8 Å². The molecule has 32 heavy (non-hydrogen) atoms. The molecule has 0 saturated carbocycles. The highest BCUT2D eigenvalue weighted by Crippen LogP contribution is 2.33. The first-order valence-corrected chi connectivity index (χ1v) is 12.2. The predicted molar refractivity (Wildman–Crippen MR) is 135 cm³/mol. The van der Waals surface area contributed by atoms with Gasteiger partial charge in [0, 0.05) is 52.4 Å². The van der Waals surface area contributed by atoms with Crippen molar-refractivity contribution in [2.75, 3.05) is 24.5 Å². The molecule has 4 heteroatoms. The quantitative estimate of drug-likeness (QED) is 0.472. The van der Waals surface area contributed by atoms with E-state index in [4.69, 9.17) is 0 Å². The third-order valence-electron chi connectivity index (χ3n) is 7.20. The summed E-state index contributed by atoms with van der Waals surface area (Å²) in [7, 11) is 0. The molecule has 1 saturated heterocycles. The SMILES string of the molecule is CCCN1CCC(N(C(=O)c2ccccc2)c2ccc3[nH]c(C(C)(C)CC)cc3c2)CC1. The molecule has 1 N–H and O–H groups in total. The molecule has 2 aromatic carbocycles. The highest BCUT2D eigenvalue weighted by molar-refractivity contribution is 6.07. The van der Waals surface area contributed by atoms with Crippen LogP contribution in [0.2, 0.25) is 0 Å². The van der Waals surface area contributed by atoms with Crippen molar-refractivity contribution >= 4 is 22.5 Å². The van der Waals surface area contributed by atoms with Crippen molar-refractivity contribution in [3.63, 3.8) is 0 Å². The van der Waals surface area contributed by atoms with E-state index in [2.05, 4.69) is 66.7 Å². The molecule has 1 aromatic heterocycles. The first-order chi connectivity index (χ1) is 15.4. The van der Waals surface area contributed by atoms with Gasteiger partial charge < -0.3 is 14.8 Å². The Hall–Kier alpha value is -2.59. The van der Waals surface area contributed by atoms with E-state index in [0.29, 0.717) is 0 Å². The van der Waals surface area contributed by atoms with Crippen LogP contribution < -0.4 is 4.90 Å². The number of aromatic amines is 1. The summed E-state index contributed by atoms with van der Waals surface area (Å²) < 4.78 is 0. The molecule has 1 aliphatic rings. The number of carbonyl (C=O) groups is 1. The highest BCUT2D eigenvalue weighted by Gasteiger charge is 2.30. The second kappa shape index (κ2) is 9.50. The molecule has 170 valence electrons. The van der Waals surface area contributed by atoms with Gasteiger partial charge in [0.1, 0.15) is 0 Å². The van der Waals surface area contributed by atoms with Crippen LogP contribution in [0.3, 0.4) is 0 Å². The van der Waals surface area contributed by atoms with Crippen molar-refractivity contribution in [1.82, 2.24) is 9.88 Å². The maximum atomic E-state index is 13.7. The van der Waals surface area contributed by atoms with Gasteiger partial charge in [0.05, 0.1) is 0 Å². The lowest BCUT2D eigenvalue weighted by molar-refractivity contribution is 0.0960. The minimum absolute atomic E-state index is 0.100. The van der Waals surface area contributed by atoms with E-state index < -0.39 is 0 Å². The van der Waals surface area contributed by atoms with E-state index in [1.54, 1.807) is 0 Å². The molecule has 0 spiro atoms. The zero-order chi connectivity index (χ0) is 22.7. The highest BCUT2D eigenvalue weighted by atomic mass is 16.2. The summed E-state index contributed by atoms with van der Waals surface area (Å²) in [6.07, 6.45) is 4.27. The molecule has 3 aromatic rings. The number of hydrogen-bond donors (Lipinski definition) is 1. The molecule has 4 nitrogen and oxygen atoms in total. The number of H-pyrrole nitrogens is 1. The number of likely N-dealkylation sites (tertiary alicyclic amines) is 1. The summed E-state index contributed by atoms with van der Waals surface area (Å²) in [6, 6.07) is 18.6. The topological polar surface area (TPSA) is 39.3 Å². The van der Waals surface area contributed by atoms with E-state index in [9.17, 15) is 4.79 Å². The average Bonchev–Trinajstić information content (AvgIpc) is 3.26. The van der Waals surface area contributed by atoms with Gasteiger partial charge in [0.2, 0.25) is 0 Å². The Bertz CT molecular complexity index is 1040. The second-order valence-corrected chi connectivity index (χ2v) is 9.81.